The summed E-state index contributed by atoms with van der Waals surface area (Å²) in [6, 6.07) is 2.25. The molecule has 0 saturated carbocycles. The summed E-state index contributed by atoms with van der Waals surface area (Å²) in [5.41, 5.74) is 1.49. The Hall–Kier alpha value is -2.67. The zero-order valence-electron chi connectivity index (χ0n) is 17.0. The standard InChI is InChI=1S/C21H27ClN2O5/c1-5-9-15-17(20(25)28-8-4)18(24-21(26)23-15)13-11-14(22)19(29-10-6-2)16(12-13)27-7-3/h6,11-12,18H,2,5,7-10H2,1,3-4H3,(H2,23,24,26)/t18-/m0/s1. The average Bonchev–Trinajstić information content (AvgIpc) is 2.67. The maximum Gasteiger partial charge on any atom is 0.338 e. The molecule has 2 rings (SSSR count). The summed E-state index contributed by atoms with van der Waals surface area (Å²) in [6.45, 7) is 10.1. The maximum absolute atomic E-state index is 12.7. The van der Waals surface area contributed by atoms with Crippen LogP contribution in [0.3, 0.4) is 0 Å². The van der Waals surface area contributed by atoms with Crippen LogP contribution in [0.4, 0.5) is 4.79 Å². The lowest BCUT2D eigenvalue weighted by Gasteiger charge is -2.30. The summed E-state index contributed by atoms with van der Waals surface area (Å²) >= 11 is 6.45. The molecule has 1 heterocycles. The minimum absolute atomic E-state index is 0.224. The van der Waals surface area contributed by atoms with Crippen molar-refractivity contribution < 1.29 is 23.8 Å². The first kappa shape index (κ1) is 22.6. The van der Waals surface area contributed by atoms with E-state index in [2.05, 4.69) is 17.2 Å². The van der Waals surface area contributed by atoms with Crippen LogP contribution in [0.5, 0.6) is 11.5 Å². The Balaban J connectivity index is 2.58. The van der Waals surface area contributed by atoms with Gasteiger partial charge in [-0.3, -0.25) is 0 Å². The van der Waals surface area contributed by atoms with E-state index in [-0.39, 0.29) is 13.2 Å². The first-order valence-corrected chi connectivity index (χ1v) is 10.0. The van der Waals surface area contributed by atoms with Crippen molar-refractivity contribution in [1.29, 1.82) is 0 Å². The number of hydrogen-bond acceptors (Lipinski definition) is 5. The minimum Gasteiger partial charge on any atom is -0.490 e. The van der Waals surface area contributed by atoms with Gasteiger partial charge < -0.3 is 24.8 Å². The van der Waals surface area contributed by atoms with Gasteiger partial charge in [-0.1, -0.05) is 37.6 Å². The molecule has 0 spiro atoms. The van der Waals surface area contributed by atoms with Gasteiger partial charge in [-0.15, -0.1) is 0 Å². The number of ether oxygens (including phenoxy) is 3. The van der Waals surface area contributed by atoms with Gasteiger partial charge in [-0.25, -0.2) is 9.59 Å². The number of carbonyl (C=O) groups is 2. The predicted octanol–water partition coefficient (Wildman–Crippen LogP) is 4.27. The van der Waals surface area contributed by atoms with Crippen LogP contribution in [-0.2, 0) is 9.53 Å². The molecule has 0 fully saturated rings. The molecule has 158 valence electrons. The van der Waals surface area contributed by atoms with E-state index in [1.165, 1.54) is 0 Å². The largest absolute Gasteiger partial charge is 0.490 e. The number of benzene rings is 1. The first-order valence-electron chi connectivity index (χ1n) is 9.64. The Bertz CT molecular complexity index is 807. The van der Waals surface area contributed by atoms with E-state index in [9.17, 15) is 9.59 Å². The number of hydrogen-bond donors (Lipinski definition) is 2. The monoisotopic (exact) mass is 422 g/mol. The first-order chi connectivity index (χ1) is 14.0. The fourth-order valence-electron chi connectivity index (χ4n) is 3.06. The molecule has 0 saturated heterocycles. The highest BCUT2D eigenvalue weighted by Gasteiger charge is 2.34. The summed E-state index contributed by atoms with van der Waals surface area (Å²) in [6.07, 6.45) is 2.89. The van der Waals surface area contributed by atoms with E-state index < -0.39 is 18.0 Å². The van der Waals surface area contributed by atoms with E-state index in [1.54, 1.807) is 25.1 Å². The van der Waals surface area contributed by atoms with Crippen molar-refractivity contribution in [2.24, 2.45) is 0 Å². The van der Waals surface area contributed by atoms with Crippen LogP contribution >= 0.6 is 11.6 Å². The lowest BCUT2D eigenvalue weighted by atomic mass is 9.93. The van der Waals surface area contributed by atoms with Gasteiger partial charge >= 0.3 is 12.0 Å². The Labute approximate surface area is 176 Å². The van der Waals surface area contributed by atoms with Crippen molar-refractivity contribution in [3.8, 4) is 11.5 Å². The van der Waals surface area contributed by atoms with Crippen molar-refractivity contribution in [3.63, 3.8) is 0 Å². The van der Waals surface area contributed by atoms with Crippen LogP contribution in [0, 0.1) is 0 Å². The lowest BCUT2D eigenvalue weighted by Crippen LogP contribution is -2.46. The molecule has 2 amide bonds. The van der Waals surface area contributed by atoms with Crippen LogP contribution in [-0.4, -0.2) is 31.8 Å². The van der Waals surface area contributed by atoms with Gasteiger partial charge in [0.2, 0.25) is 0 Å². The molecular weight excluding hydrogens is 396 g/mol. The molecule has 0 aliphatic carbocycles. The Kier molecular flexibility index (Phi) is 8.39. The Morgan fingerprint density at radius 2 is 2.00 bits per heavy atom. The molecule has 1 aromatic carbocycles. The van der Waals surface area contributed by atoms with Gasteiger partial charge in [0.15, 0.2) is 11.5 Å². The molecule has 7 nitrogen and oxygen atoms in total. The third kappa shape index (κ3) is 5.44. The molecule has 29 heavy (non-hydrogen) atoms. The number of nitrogens with one attached hydrogen (secondary N) is 2. The van der Waals surface area contributed by atoms with Crippen LogP contribution in [0.1, 0.15) is 45.2 Å². The molecule has 2 N–H and O–H groups in total. The average molecular weight is 423 g/mol. The zero-order chi connectivity index (χ0) is 21.4. The second-order valence-corrected chi connectivity index (χ2v) is 6.66. The van der Waals surface area contributed by atoms with Crippen molar-refractivity contribution in [2.75, 3.05) is 19.8 Å². The molecule has 0 aromatic heterocycles. The molecule has 0 bridgehead atoms. The lowest BCUT2D eigenvalue weighted by molar-refractivity contribution is -0.139. The molecule has 1 aliphatic rings. The number of amides is 2. The highest BCUT2D eigenvalue weighted by molar-refractivity contribution is 6.32. The third-order valence-electron chi connectivity index (χ3n) is 4.16. The van der Waals surface area contributed by atoms with Gasteiger partial charge in [-0.2, -0.15) is 0 Å². The molecule has 1 aromatic rings. The molecular formula is C21H27ClN2O5. The van der Waals surface area contributed by atoms with Crippen LogP contribution in [0.15, 0.2) is 36.1 Å². The summed E-state index contributed by atoms with van der Waals surface area (Å²) in [5.74, 6) is 0.312. The normalized spacial score (nSPS) is 16.0. The van der Waals surface area contributed by atoms with Crippen molar-refractivity contribution in [2.45, 2.75) is 39.7 Å². The number of esters is 1. The van der Waals surface area contributed by atoms with Crippen molar-refractivity contribution in [1.82, 2.24) is 10.6 Å². The van der Waals surface area contributed by atoms with E-state index in [0.717, 1.165) is 6.42 Å². The fraction of sp³-hybridized carbons (Fsp3) is 0.429. The van der Waals surface area contributed by atoms with E-state index in [1.807, 2.05) is 13.8 Å². The predicted molar refractivity (Wildman–Crippen MR) is 111 cm³/mol. The van der Waals surface area contributed by atoms with E-state index in [0.29, 0.717) is 46.4 Å². The smallest absolute Gasteiger partial charge is 0.338 e. The zero-order valence-corrected chi connectivity index (χ0v) is 17.7. The number of rotatable bonds is 10. The fourth-order valence-corrected chi connectivity index (χ4v) is 3.34. The van der Waals surface area contributed by atoms with Crippen LogP contribution < -0.4 is 20.1 Å². The summed E-state index contributed by atoms with van der Waals surface area (Å²) in [4.78, 5) is 25.0. The summed E-state index contributed by atoms with van der Waals surface area (Å²) < 4.78 is 16.6. The molecule has 1 atom stereocenters. The number of halogens is 1. The molecule has 8 heteroatoms. The van der Waals surface area contributed by atoms with Crippen LogP contribution in [0.25, 0.3) is 0 Å². The van der Waals surface area contributed by atoms with Gasteiger partial charge in [0, 0.05) is 5.70 Å². The third-order valence-corrected chi connectivity index (χ3v) is 4.44. The van der Waals surface area contributed by atoms with Crippen LogP contribution in [0.2, 0.25) is 5.02 Å². The number of carbonyl (C=O) groups excluding carboxylic acids is 2. The van der Waals surface area contributed by atoms with Crippen molar-refractivity contribution in [3.05, 3.63) is 46.6 Å². The second-order valence-electron chi connectivity index (χ2n) is 6.26. The molecule has 0 unspecified atom stereocenters. The topological polar surface area (TPSA) is 85.9 Å². The maximum atomic E-state index is 12.7. The van der Waals surface area contributed by atoms with Gasteiger partial charge in [0.05, 0.1) is 29.9 Å². The SMILES string of the molecule is C=CCOc1c(Cl)cc([C@@H]2NC(=O)NC(CCC)=C2C(=O)OCC)cc1OCC. The van der Waals surface area contributed by atoms with E-state index >= 15 is 0 Å². The van der Waals surface area contributed by atoms with Crippen molar-refractivity contribution >= 4 is 23.6 Å². The highest BCUT2D eigenvalue weighted by atomic mass is 35.5. The van der Waals surface area contributed by atoms with Gasteiger partial charge in [0.25, 0.3) is 0 Å². The number of allylic oxidation sites excluding steroid dienone is 1. The molecule has 1 aliphatic heterocycles. The summed E-state index contributed by atoms with van der Waals surface area (Å²) in [5, 5.41) is 5.82. The Morgan fingerprint density at radius 3 is 2.62 bits per heavy atom. The quantitative estimate of drug-likeness (QED) is 0.434. The van der Waals surface area contributed by atoms with Gasteiger partial charge in [0.1, 0.15) is 6.61 Å². The highest BCUT2D eigenvalue weighted by Crippen LogP contribution is 2.40. The summed E-state index contributed by atoms with van der Waals surface area (Å²) in [7, 11) is 0. The van der Waals surface area contributed by atoms with Gasteiger partial charge in [-0.05, 0) is 38.0 Å². The second kappa shape index (κ2) is 10.8. The molecule has 0 radical (unpaired) electrons. The Morgan fingerprint density at radius 1 is 1.24 bits per heavy atom. The van der Waals surface area contributed by atoms with E-state index in [4.69, 9.17) is 25.8 Å². The number of urea groups is 1. The minimum atomic E-state index is -0.727.